The molecule has 7 nitrogen and oxygen atoms in total. The number of amides is 3. The molecule has 170 valence electrons. The van der Waals surface area contributed by atoms with E-state index in [4.69, 9.17) is 4.74 Å². The van der Waals surface area contributed by atoms with E-state index >= 15 is 0 Å². The number of nitrogens with zero attached hydrogens (tertiary/aromatic N) is 1. The van der Waals surface area contributed by atoms with E-state index in [1.54, 1.807) is 43.4 Å². The number of ether oxygens (including phenoxy) is 1. The van der Waals surface area contributed by atoms with Crippen molar-refractivity contribution < 1.29 is 23.5 Å². The summed E-state index contributed by atoms with van der Waals surface area (Å²) in [5, 5.41) is 5.17. The lowest BCUT2D eigenvalue weighted by molar-refractivity contribution is -0.118. The van der Waals surface area contributed by atoms with Crippen molar-refractivity contribution in [2.24, 2.45) is 0 Å². The molecule has 9 heteroatoms. The SMILES string of the molecule is CN(C(=O)CNC(=O)c1ccc(F)cc1OCC(=O)Nc1ccc(I)cc1)c1ccccc1. The van der Waals surface area contributed by atoms with Crippen molar-refractivity contribution in [3.8, 4) is 5.75 Å². The Kier molecular flexibility index (Phi) is 8.36. The highest BCUT2D eigenvalue weighted by Crippen LogP contribution is 2.20. The second-order valence-corrected chi connectivity index (χ2v) is 8.20. The number of rotatable bonds is 8. The third-order valence-electron chi connectivity index (χ3n) is 4.59. The minimum Gasteiger partial charge on any atom is -0.483 e. The monoisotopic (exact) mass is 561 g/mol. The van der Waals surface area contributed by atoms with Gasteiger partial charge >= 0.3 is 0 Å². The normalized spacial score (nSPS) is 10.3. The second-order valence-electron chi connectivity index (χ2n) is 6.96. The summed E-state index contributed by atoms with van der Waals surface area (Å²) in [5.74, 6) is -2.16. The lowest BCUT2D eigenvalue weighted by Crippen LogP contribution is -2.38. The van der Waals surface area contributed by atoms with Crippen LogP contribution in [0.1, 0.15) is 10.4 Å². The minimum atomic E-state index is -0.627. The first-order valence-corrected chi connectivity index (χ1v) is 11.0. The lowest BCUT2D eigenvalue weighted by atomic mass is 10.2. The summed E-state index contributed by atoms with van der Waals surface area (Å²) in [7, 11) is 1.60. The number of benzene rings is 3. The van der Waals surface area contributed by atoms with Crippen molar-refractivity contribution in [3.63, 3.8) is 0 Å². The molecule has 0 atom stereocenters. The van der Waals surface area contributed by atoms with Crippen molar-refractivity contribution >= 4 is 51.7 Å². The Morgan fingerprint density at radius 2 is 1.70 bits per heavy atom. The van der Waals surface area contributed by atoms with Gasteiger partial charge < -0.3 is 20.3 Å². The Hall–Kier alpha value is -3.47. The van der Waals surface area contributed by atoms with E-state index in [2.05, 4.69) is 33.2 Å². The number of anilines is 2. The summed E-state index contributed by atoms with van der Waals surface area (Å²) >= 11 is 2.15. The van der Waals surface area contributed by atoms with E-state index in [0.29, 0.717) is 11.4 Å². The van der Waals surface area contributed by atoms with Crippen LogP contribution in [0, 0.1) is 9.39 Å². The maximum absolute atomic E-state index is 13.8. The van der Waals surface area contributed by atoms with Gasteiger partial charge in [-0.1, -0.05) is 18.2 Å². The van der Waals surface area contributed by atoms with Crippen LogP contribution in [0.2, 0.25) is 0 Å². The van der Waals surface area contributed by atoms with E-state index in [1.165, 1.54) is 11.0 Å². The zero-order valence-electron chi connectivity index (χ0n) is 17.7. The maximum Gasteiger partial charge on any atom is 0.262 e. The van der Waals surface area contributed by atoms with Crippen LogP contribution >= 0.6 is 22.6 Å². The molecule has 3 rings (SSSR count). The molecule has 0 aliphatic rings. The van der Waals surface area contributed by atoms with Gasteiger partial charge in [-0.2, -0.15) is 0 Å². The van der Waals surface area contributed by atoms with Crippen LogP contribution in [0.4, 0.5) is 15.8 Å². The Morgan fingerprint density at radius 1 is 1.00 bits per heavy atom. The Balaban J connectivity index is 1.60. The smallest absolute Gasteiger partial charge is 0.262 e. The van der Waals surface area contributed by atoms with Gasteiger partial charge in [0.2, 0.25) is 5.91 Å². The van der Waals surface area contributed by atoms with E-state index < -0.39 is 24.2 Å². The summed E-state index contributed by atoms with van der Waals surface area (Å²) in [6.07, 6.45) is 0. The molecule has 33 heavy (non-hydrogen) atoms. The third kappa shape index (κ3) is 7.01. The Labute approximate surface area is 204 Å². The van der Waals surface area contributed by atoms with Crippen LogP contribution < -0.4 is 20.3 Å². The summed E-state index contributed by atoms with van der Waals surface area (Å²) in [6.45, 7) is -0.695. The number of para-hydroxylation sites is 1. The van der Waals surface area contributed by atoms with Crippen molar-refractivity contribution in [1.29, 1.82) is 0 Å². The van der Waals surface area contributed by atoms with E-state index in [-0.39, 0.29) is 23.8 Å². The predicted molar refractivity (Wildman–Crippen MR) is 132 cm³/mol. The van der Waals surface area contributed by atoms with Crippen LogP contribution in [0.3, 0.4) is 0 Å². The zero-order chi connectivity index (χ0) is 23.8. The fourth-order valence-electron chi connectivity index (χ4n) is 2.84. The summed E-state index contributed by atoms with van der Waals surface area (Å²) in [4.78, 5) is 38.6. The number of carbonyl (C=O) groups excluding carboxylic acids is 3. The van der Waals surface area contributed by atoms with Gasteiger partial charge in [-0.3, -0.25) is 14.4 Å². The van der Waals surface area contributed by atoms with Crippen LogP contribution in [-0.2, 0) is 9.59 Å². The van der Waals surface area contributed by atoms with Crippen LogP contribution in [0.25, 0.3) is 0 Å². The summed E-state index contributed by atoms with van der Waals surface area (Å²) < 4.78 is 20.2. The second kappa shape index (κ2) is 11.4. The molecule has 2 N–H and O–H groups in total. The average molecular weight is 561 g/mol. The molecule has 0 fully saturated rings. The third-order valence-corrected chi connectivity index (χ3v) is 5.31. The van der Waals surface area contributed by atoms with Gasteiger partial charge in [-0.15, -0.1) is 0 Å². The average Bonchev–Trinajstić information content (AvgIpc) is 2.82. The first-order valence-electron chi connectivity index (χ1n) is 9.91. The fraction of sp³-hybridized carbons (Fsp3) is 0.125. The standard InChI is InChI=1S/C24H21FIN3O4/c1-29(19-5-3-2-4-6-19)23(31)14-27-24(32)20-12-7-16(25)13-21(20)33-15-22(30)28-18-10-8-17(26)9-11-18/h2-13H,14-15H2,1H3,(H,27,32)(H,28,30). The molecule has 0 aliphatic heterocycles. The number of hydrogen-bond acceptors (Lipinski definition) is 4. The quantitative estimate of drug-likeness (QED) is 0.410. The molecule has 0 saturated carbocycles. The fourth-order valence-corrected chi connectivity index (χ4v) is 3.20. The van der Waals surface area contributed by atoms with Crippen molar-refractivity contribution in [3.05, 3.63) is 87.7 Å². The number of hydrogen-bond donors (Lipinski definition) is 2. The molecule has 0 bridgehead atoms. The van der Waals surface area contributed by atoms with Gasteiger partial charge in [0.25, 0.3) is 11.8 Å². The molecule has 3 aromatic carbocycles. The van der Waals surface area contributed by atoms with Crippen LogP contribution in [0.15, 0.2) is 72.8 Å². The zero-order valence-corrected chi connectivity index (χ0v) is 19.8. The predicted octanol–water partition coefficient (Wildman–Crippen LogP) is 3.84. The first kappa shape index (κ1) is 24.2. The Morgan fingerprint density at radius 3 is 2.39 bits per heavy atom. The van der Waals surface area contributed by atoms with Crippen LogP contribution in [0.5, 0.6) is 5.75 Å². The van der Waals surface area contributed by atoms with Crippen LogP contribution in [-0.4, -0.2) is 37.9 Å². The molecule has 0 spiro atoms. The van der Waals surface area contributed by atoms with Crippen molar-refractivity contribution in [2.75, 3.05) is 30.4 Å². The van der Waals surface area contributed by atoms with Gasteiger partial charge in [0.05, 0.1) is 12.1 Å². The minimum absolute atomic E-state index is 0.00799. The highest BCUT2D eigenvalue weighted by atomic mass is 127. The van der Waals surface area contributed by atoms with E-state index in [9.17, 15) is 18.8 Å². The molecular formula is C24H21FIN3O4. The number of carbonyl (C=O) groups is 3. The van der Waals surface area contributed by atoms with Gasteiger partial charge in [0.15, 0.2) is 6.61 Å². The highest BCUT2D eigenvalue weighted by Gasteiger charge is 2.17. The van der Waals surface area contributed by atoms with Crippen molar-refractivity contribution in [1.82, 2.24) is 5.32 Å². The van der Waals surface area contributed by atoms with Gasteiger partial charge in [-0.05, 0) is 71.1 Å². The molecule has 0 heterocycles. The summed E-state index contributed by atoms with van der Waals surface area (Å²) in [5.41, 5.74) is 1.28. The molecule has 0 radical (unpaired) electrons. The lowest BCUT2D eigenvalue weighted by Gasteiger charge is -2.18. The summed E-state index contributed by atoms with van der Waals surface area (Å²) in [6, 6.07) is 19.5. The Bertz CT molecular complexity index is 1140. The topological polar surface area (TPSA) is 87.7 Å². The van der Waals surface area contributed by atoms with E-state index in [1.807, 2.05) is 18.2 Å². The molecule has 0 aromatic heterocycles. The van der Waals surface area contributed by atoms with Gasteiger partial charge in [-0.25, -0.2) is 4.39 Å². The molecule has 0 saturated heterocycles. The van der Waals surface area contributed by atoms with Gasteiger partial charge in [0, 0.05) is 28.1 Å². The van der Waals surface area contributed by atoms with Gasteiger partial charge in [0.1, 0.15) is 11.6 Å². The number of nitrogens with one attached hydrogen (secondary N) is 2. The largest absolute Gasteiger partial charge is 0.483 e. The van der Waals surface area contributed by atoms with E-state index in [0.717, 1.165) is 15.7 Å². The van der Waals surface area contributed by atoms with Crippen molar-refractivity contribution in [2.45, 2.75) is 0 Å². The number of halogens is 2. The molecule has 0 unspecified atom stereocenters. The first-order chi connectivity index (χ1) is 15.8. The highest BCUT2D eigenvalue weighted by molar-refractivity contribution is 14.1. The molecule has 0 aliphatic carbocycles. The molecule has 3 aromatic rings. The number of likely N-dealkylation sites (N-methyl/N-ethyl adjacent to an activating group) is 1. The molecular weight excluding hydrogens is 540 g/mol. The molecule has 3 amide bonds. The maximum atomic E-state index is 13.8.